The number of hydrogen-bond acceptors (Lipinski definition) is 6. The van der Waals surface area contributed by atoms with Crippen molar-refractivity contribution in [2.45, 2.75) is 31.2 Å². The van der Waals surface area contributed by atoms with Crippen LogP contribution in [-0.2, 0) is 26.1 Å². The van der Waals surface area contributed by atoms with Crippen LogP contribution in [0.4, 0.5) is 0 Å². The van der Waals surface area contributed by atoms with E-state index >= 15 is 0 Å². The lowest BCUT2D eigenvalue weighted by atomic mass is 10.0. The summed E-state index contributed by atoms with van der Waals surface area (Å²) in [6, 6.07) is 2.88. The van der Waals surface area contributed by atoms with E-state index in [1.807, 2.05) is 0 Å². The standard InChI is InChI=1S/C15H20N4O5S/c1-11-5-7-17(8-6-11)25(22,23)12-3-4-13-16-19(10-14(20)24-2)15(21)18(13)9-12/h3-4,9,11H,5-8,10H2,1-2H3. The molecule has 0 aromatic carbocycles. The molecule has 0 saturated carbocycles. The molecular weight excluding hydrogens is 348 g/mol. The quantitative estimate of drug-likeness (QED) is 0.709. The molecule has 0 N–H and O–H groups in total. The van der Waals surface area contributed by atoms with Gasteiger partial charge in [-0.1, -0.05) is 6.92 Å². The van der Waals surface area contributed by atoms with Gasteiger partial charge in [0, 0.05) is 19.3 Å². The number of carbonyl (C=O) groups is 1. The van der Waals surface area contributed by atoms with Gasteiger partial charge in [0.25, 0.3) is 0 Å². The monoisotopic (exact) mass is 368 g/mol. The van der Waals surface area contributed by atoms with Gasteiger partial charge >= 0.3 is 11.7 Å². The van der Waals surface area contributed by atoms with Gasteiger partial charge in [-0.2, -0.15) is 4.31 Å². The van der Waals surface area contributed by atoms with Gasteiger partial charge in [-0.25, -0.2) is 22.3 Å². The van der Waals surface area contributed by atoms with Crippen molar-refractivity contribution in [3.8, 4) is 0 Å². The minimum absolute atomic E-state index is 0.0364. The fraction of sp³-hybridized carbons (Fsp3) is 0.533. The predicted molar refractivity (Wildman–Crippen MR) is 88.6 cm³/mol. The number of pyridine rings is 1. The van der Waals surface area contributed by atoms with Crippen molar-refractivity contribution in [2.24, 2.45) is 5.92 Å². The molecule has 3 rings (SSSR count). The molecule has 136 valence electrons. The summed E-state index contributed by atoms with van der Waals surface area (Å²) in [5.41, 5.74) is -0.329. The highest BCUT2D eigenvalue weighted by Gasteiger charge is 2.28. The minimum Gasteiger partial charge on any atom is -0.468 e. The highest BCUT2D eigenvalue weighted by Crippen LogP contribution is 2.23. The number of aromatic nitrogens is 3. The van der Waals surface area contributed by atoms with Crippen molar-refractivity contribution in [3.63, 3.8) is 0 Å². The van der Waals surface area contributed by atoms with E-state index in [1.165, 1.54) is 29.7 Å². The summed E-state index contributed by atoms with van der Waals surface area (Å²) in [6.07, 6.45) is 2.89. The number of nitrogens with zero attached hydrogens (tertiary/aromatic N) is 4. The topological polar surface area (TPSA) is 103 Å². The smallest absolute Gasteiger partial charge is 0.350 e. The first-order valence-corrected chi connectivity index (χ1v) is 9.43. The van der Waals surface area contributed by atoms with Gasteiger partial charge in [-0.15, -0.1) is 5.10 Å². The number of piperidine rings is 1. The molecule has 9 nitrogen and oxygen atoms in total. The Morgan fingerprint density at radius 3 is 2.64 bits per heavy atom. The van der Waals surface area contributed by atoms with Crippen LogP contribution in [0.3, 0.4) is 0 Å². The number of hydrogen-bond donors (Lipinski definition) is 0. The van der Waals surface area contributed by atoms with Crippen molar-refractivity contribution < 1.29 is 17.9 Å². The highest BCUT2D eigenvalue weighted by molar-refractivity contribution is 7.89. The first-order chi connectivity index (χ1) is 11.8. The van der Waals surface area contributed by atoms with E-state index in [0.717, 1.165) is 21.9 Å². The van der Waals surface area contributed by atoms with Crippen molar-refractivity contribution in [2.75, 3.05) is 20.2 Å². The molecule has 2 aromatic rings. The van der Waals surface area contributed by atoms with E-state index in [4.69, 9.17) is 0 Å². The van der Waals surface area contributed by atoms with Crippen molar-refractivity contribution >= 4 is 21.6 Å². The van der Waals surface area contributed by atoms with Crippen LogP contribution in [0.15, 0.2) is 28.0 Å². The lowest BCUT2D eigenvalue weighted by molar-refractivity contribution is -0.141. The van der Waals surface area contributed by atoms with Crippen molar-refractivity contribution in [1.82, 2.24) is 18.5 Å². The Kier molecular flexibility index (Phi) is 4.65. The fourth-order valence-corrected chi connectivity index (χ4v) is 4.28. The minimum atomic E-state index is -3.67. The third-order valence-corrected chi connectivity index (χ3v) is 6.32. The molecule has 0 unspecified atom stereocenters. The molecule has 0 spiro atoms. The van der Waals surface area contributed by atoms with E-state index in [1.54, 1.807) is 0 Å². The molecule has 10 heteroatoms. The third kappa shape index (κ3) is 3.31. The van der Waals surface area contributed by atoms with Crippen LogP contribution in [0.25, 0.3) is 5.65 Å². The van der Waals surface area contributed by atoms with Crippen molar-refractivity contribution in [3.05, 3.63) is 28.8 Å². The van der Waals surface area contributed by atoms with Crippen molar-refractivity contribution in [1.29, 1.82) is 0 Å². The van der Waals surface area contributed by atoms with Gasteiger partial charge in [0.05, 0.1) is 12.0 Å². The van der Waals surface area contributed by atoms with E-state index in [9.17, 15) is 18.0 Å². The molecular formula is C15H20N4O5S. The molecule has 1 aliphatic heterocycles. The normalized spacial score (nSPS) is 17.0. The summed E-state index contributed by atoms with van der Waals surface area (Å²) in [6.45, 7) is 2.71. The first-order valence-electron chi connectivity index (χ1n) is 7.99. The van der Waals surface area contributed by atoms with E-state index in [-0.39, 0.29) is 17.1 Å². The Labute approximate surface area is 144 Å². The van der Waals surface area contributed by atoms with Crippen LogP contribution in [0.5, 0.6) is 0 Å². The zero-order chi connectivity index (χ0) is 18.2. The summed E-state index contributed by atoms with van der Waals surface area (Å²) in [5.74, 6) is -0.103. The molecule has 1 saturated heterocycles. The van der Waals surface area contributed by atoms with E-state index in [0.29, 0.717) is 19.0 Å². The predicted octanol–water partition coefficient (Wildman–Crippen LogP) is 0.0896. The molecule has 25 heavy (non-hydrogen) atoms. The third-order valence-electron chi connectivity index (χ3n) is 4.44. The summed E-state index contributed by atoms with van der Waals surface area (Å²) >= 11 is 0. The van der Waals surface area contributed by atoms with E-state index < -0.39 is 21.7 Å². The van der Waals surface area contributed by atoms with Gasteiger partial charge in [-0.05, 0) is 30.9 Å². The fourth-order valence-electron chi connectivity index (χ4n) is 2.82. The molecule has 1 aliphatic rings. The van der Waals surface area contributed by atoms with Gasteiger partial charge in [0.1, 0.15) is 6.54 Å². The number of ether oxygens (including phenoxy) is 1. The average Bonchev–Trinajstić information content (AvgIpc) is 2.90. The van der Waals surface area contributed by atoms with Crippen LogP contribution < -0.4 is 5.69 Å². The molecule has 3 heterocycles. The Hall–Kier alpha value is -2.20. The zero-order valence-corrected chi connectivity index (χ0v) is 14.9. The van der Waals surface area contributed by atoms with Crippen LogP contribution in [0, 0.1) is 5.92 Å². The second-order valence-electron chi connectivity index (χ2n) is 6.20. The molecule has 0 bridgehead atoms. The number of fused-ring (bicyclic) bond motifs is 1. The average molecular weight is 368 g/mol. The summed E-state index contributed by atoms with van der Waals surface area (Å²) in [4.78, 5) is 23.7. The second-order valence-corrected chi connectivity index (χ2v) is 8.13. The largest absolute Gasteiger partial charge is 0.468 e. The van der Waals surface area contributed by atoms with Crippen LogP contribution in [0.2, 0.25) is 0 Å². The van der Waals surface area contributed by atoms with Crippen LogP contribution in [0.1, 0.15) is 19.8 Å². The maximum atomic E-state index is 12.8. The van der Waals surface area contributed by atoms with Crippen LogP contribution in [-0.4, -0.2) is 53.1 Å². The first kappa shape index (κ1) is 17.6. The number of methoxy groups -OCH3 is 1. The number of esters is 1. The lowest BCUT2D eigenvalue weighted by Crippen LogP contribution is -2.38. The Morgan fingerprint density at radius 1 is 1.32 bits per heavy atom. The van der Waals surface area contributed by atoms with Gasteiger partial charge in [0.2, 0.25) is 10.0 Å². The zero-order valence-electron chi connectivity index (χ0n) is 14.1. The molecule has 2 aromatic heterocycles. The van der Waals surface area contributed by atoms with Gasteiger partial charge in [0.15, 0.2) is 5.65 Å². The maximum Gasteiger partial charge on any atom is 0.350 e. The SMILES string of the molecule is COC(=O)Cn1nc2ccc(S(=O)(=O)N3CCC(C)CC3)cn2c1=O. The number of carbonyl (C=O) groups excluding carboxylic acids is 1. The molecule has 1 fully saturated rings. The molecule has 0 aliphatic carbocycles. The number of rotatable bonds is 4. The second kappa shape index (κ2) is 6.60. The Balaban J connectivity index is 1.96. The highest BCUT2D eigenvalue weighted by atomic mass is 32.2. The Morgan fingerprint density at radius 2 is 2.00 bits per heavy atom. The maximum absolute atomic E-state index is 12.8. The number of sulfonamides is 1. The molecule has 0 radical (unpaired) electrons. The summed E-state index contributed by atoms with van der Waals surface area (Å²) in [7, 11) is -2.45. The van der Waals surface area contributed by atoms with Gasteiger partial charge < -0.3 is 4.74 Å². The van der Waals surface area contributed by atoms with Gasteiger partial charge in [-0.3, -0.25) is 4.79 Å². The van der Waals surface area contributed by atoms with Crippen LogP contribution >= 0.6 is 0 Å². The molecule has 0 atom stereocenters. The van der Waals surface area contributed by atoms with E-state index in [2.05, 4.69) is 16.8 Å². The molecule has 0 amide bonds. The Bertz CT molecular complexity index is 954. The summed E-state index contributed by atoms with van der Waals surface area (Å²) in [5, 5.41) is 4.00. The lowest BCUT2D eigenvalue weighted by Gasteiger charge is -2.29. The summed E-state index contributed by atoms with van der Waals surface area (Å²) < 4.78 is 33.6.